The van der Waals surface area contributed by atoms with Crippen LogP contribution in [-0.2, 0) is 20.7 Å². The number of amides is 1. The van der Waals surface area contributed by atoms with Crippen LogP contribution in [0.15, 0.2) is 72.1 Å². The minimum atomic E-state index is -0.585. The number of para-hydroxylation sites is 1. The zero-order valence-corrected chi connectivity index (χ0v) is 17.0. The monoisotopic (exact) mass is 409 g/mol. The van der Waals surface area contributed by atoms with E-state index in [4.69, 9.17) is 9.47 Å². The molecule has 1 N–H and O–H groups in total. The lowest BCUT2D eigenvalue weighted by Crippen LogP contribution is -2.33. The summed E-state index contributed by atoms with van der Waals surface area (Å²) in [6, 6.07) is 20.8. The molecule has 5 nitrogen and oxygen atoms in total. The van der Waals surface area contributed by atoms with Crippen molar-refractivity contribution in [3.8, 4) is 5.75 Å². The molecule has 0 saturated carbocycles. The molecule has 0 fully saturated rings. The minimum Gasteiger partial charge on any atom is -0.482 e. The van der Waals surface area contributed by atoms with Crippen molar-refractivity contribution in [1.29, 1.82) is 0 Å². The lowest BCUT2D eigenvalue weighted by Gasteiger charge is -2.18. The fraction of sp³-hybridized carbons (Fsp3) is 0.217. The maximum Gasteiger partial charge on any atom is 0.344 e. The molecule has 3 rings (SSSR count). The lowest BCUT2D eigenvalue weighted by atomic mass is 10.1. The topological polar surface area (TPSA) is 64.6 Å². The zero-order valence-electron chi connectivity index (χ0n) is 16.2. The summed E-state index contributed by atoms with van der Waals surface area (Å²) in [4.78, 5) is 25.4. The van der Waals surface area contributed by atoms with Crippen molar-refractivity contribution in [2.75, 3.05) is 13.2 Å². The smallest absolute Gasteiger partial charge is 0.344 e. The van der Waals surface area contributed by atoms with Crippen molar-refractivity contribution in [2.24, 2.45) is 0 Å². The summed E-state index contributed by atoms with van der Waals surface area (Å²) in [5, 5.41) is 4.90. The average Bonchev–Trinajstić information content (AvgIpc) is 3.30. The molecule has 0 aliphatic carbocycles. The van der Waals surface area contributed by atoms with E-state index in [-0.39, 0.29) is 25.2 Å². The van der Waals surface area contributed by atoms with Gasteiger partial charge in [-0.1, -0.05) is 61.5 Å². The Morgan fingerprint density at radius 3 is 2.45 bits per heavy atom. The maximum atomic E-state index is 12.4. The van der Waals surface area contributed by atoms with Gasteiger partial charge in [0.1, 0.15) is 5.75 Å². The average molecular weight is 410 g/mol. The summed E-state index contributed by atoms with van der Waals surface area (Å²) in [5.41, 5.74) is 1.98. The number of esters is 1. The van der Waals surface area contributed by atoms with Crippen LogP contribution in [0.5, 0.6) is 5.75 Å². The highest BCUT2D eigenvalue weighted by Crippen LogP contribution is 2.25. The standard InChI is InChI=1S/C23H23NO4S/c1-2-17-9-6-7-12-19(17)27-16-22(26)28-15-21(25)24-23(20-13-8-14-29-20)18-10-4-3-5-11-18/h3-14,23H,2,15-16H2,1H3,(H,24,25). The van der Waals surface area contributed by atoms with E-state index in [1.807, 2.05) is 79.0 Å². The van der Waals surface area contributed by atoms with E-state index in [9.17, 15) is 9.59 Å². The summed E-state index contributed by atoms with van der Waals surface area (Å²) in [6.45, 7) is 1.42. The second-order valence-electron chi connectivity index (χ2n) is 6.34. The first-order valence-corrected chi connectivity index (χ1v) is 10.3. The summed E-state index contributed by atoms with van der Waals surface area (Å²) >= 11 is 1.56. The Morgan fingerprint density at radius 2 is 1.72 bits per heavy atom. The Bertz CT molecular complexity index is 925. The van der Waals surface area contributed by atoms with Crippen molar-refractivity contribution in [1.82, 2.24) is 5.32 Å². The number of hydrogen-bond donors (Lipinski definition) is 1. The predicted molar refractivity (Wildman–Crippen MR) is 113 cm³/mol. The maximum absolute atomic E-state index is 12.4. The van der Waals surface area contributed by atoms with Crippen LogP contribution < -0.4 is 10.1 Å². The first kappa shape index (κ1) is 20.6. The molecular weight excluding hydrogens is 386 g/mol. The first-order valence-electron chi connectivity index (χ1n) is 9.41. The van der Waals surface area contributed by atoms with E-state index in [0.29, 0.717) is 5.75 Å². The van der Waals surface area contributed by atoms with Crippen LogP contribution in [0, 0.1) is 0 Å². The molecule has 0 saturated heterocycles. The molecule has 1 aromatic heterocycles. The van der Waals surface area contributed by atoms with Gasteiger partial charge in [-0.25, -0.2) is 4.79 Å². The molecule has 0 bridgehead atoms. The number of hydrogen-bond acceptors (Lipinski definition) is 5. The molecule has 1 unspecified atom stereocenters. The molecule has 0 radical (unpaired) electrons. The second kappa shape index (κ2) is 10.4. The number of aryl methyl sites for hydroxylation is 1. The third-order valence-electron chi connectivity index (χ3n) is 4.33. The van der Waals surface area contributed by atoms with Gasteiger partial charge in [0, 0.05) is 4.88 Å². The number of nitrogens with one attached hydrogen (secondary N) is 1. The van der Waals surface area contributed by atoms with Gasteiger partial charge in [-0.3, -0.25) is 4.79 Å². The molecule has 0 spiro atoms. The van der Waals surface area contributed by atoms with Gasteiger partial charge < -0.3 is 14.8 Å². The SMILES string of the molecule is CCc1ccccc1OCC(=O)OCC(=O)NC(c1ccccc1)c1cccs1. The van der Waals surface area contributed by atoms with Crippen molar-refractivity contribution < 1.29 is 19.1 Å². The predicted octanol–water partition coefficient (Wildman–Crippen LogP) is 4.14. The van der Waals surface area contributed by atoms with E-state index in [2.05, 4.69) is 5.32 Å². The van der Waals surface area contributed by atoms with Crippen molar-refractivity contribution >= 4 is 23.2 Å². The third-order valence-corrected chi connectivity index (χ3v) is 5.27. The van der Waals surface area contributed by atoms with Gasteiger partial charge in [0.15, 0.2) is 13.2 Å². The molecule has 6 heteroatoms. The highest BCUT2D eigenvalue weighted by atomic mass is 32.1. The van der Waals surface area contributed by atoms with Gasteiger partial charge in [-0.15, -0.1) is 11.3 Å². The Kier molecular flexibility index (Phi) is 7.41. The second-order valence-corrected chi connectivity index (χ2v) is 7.32. The number of thiophene rings is 1. The fourth-order valence-corrected chi connectivity index (χ4v) is 3.69. The van der Waals surface area contributed by atoms with E-state index in [1.54, 1.807) is 11.3 Å². The van der Waals surface area contributed by atoms with Gasteiger partial charge >= 0.3 is 5.97 Å². The molecule has 2 aromatic carbocycles. The number of benzene rings is 2. The first-order chi connectivity index (χ1) is 14.2. The fourth-order valence-electron chi connectivity index (χ4n) is 2.88. The largest absolute Gasteiger partial charge is 0.482 e. The van der Waals surface area contributed by atoms with Gasteiger partial charge in [0.25, 0.3) is 5.91 Å². The molecule has 0 aliphatic heterocycles. The van der Waals surface area contributed by atoms with Gasteiger partial charge in [-0.2, -0.15) is 0 Å². The van der Waals surface area contributed by atoms with Gasteiger partial charge in [0.2, 0.25) is 0 Å². The van der Waals surface area contributed by atoms with Gasteiger partial charge in [-0.05, 0) is 35.1 Å². The van der Waals surface area contributed by atoms with E-state index < -0.39 is 5.97 Å². The number of carbonyl (C=O) groups is 2. The summed E-state index contributed by atoms with van der Waals surface area (Å²) in [7, 11) is 0. The van der Waals surface area contributed by atoms with Crippen LogP contribution in [-0.4, -0.2) is 25.1 Å². The van der Waals surface area contributed by atoms with Crippen molar-refractivity contribution in [3.05, 3.63) is 88.1 Å². The molecule has 1 heterocycles. The summed E-state index contributed by atoms with van der Waals surface area (Å²) in [6.07, 6.45) is 0.803. The van der Waals surface area contributed by atoms with Crippen molar-refractivity contribution in [2.45, 2.75) is 19.4 Å². The van der Waals surface area contributed by atoms with E-state index in [1.165, 1.54) is 0 Å². The van der Waals surface area contributed by atoms with Gasteiger partial charge in [0.05, 0.1) is 6.04 Å². The van der Waals surface area contributed by atoms with Crippen LogP contribution in [0.4, 0.5) is 0 Å². The minimum absolute atomic E-state index is 0.239. The zero-order chi connectivity index (χ0) is 20.5. The Labute approximate surface area is 174 Å². The lowest BCUT2D eigenvalue weighted by molar-refractivity contribution is -0.150. The molecule has 1 atom stereocenters. The molecule has 29 heavy (non-hydrogen) atoms. The highest BCUT2D eigenvalue weighted by Gasteiger charge is 2.18. The third kappa shape index (κ3) is 5.93. The Morgan fingerprint density at radius 1 is 0.966 bits per heavy atom. The molecule has 150 valence electrons. The Balaban J connectivity index is 1.52. The number of carbonyl (C=O) groups excluding carboxylic acids is 2. The van der Waals surface area contributed by atoms with E-state index >= 15 is 0 Å². The molecule has 1 amide bonds. The quantitative estimate of drug-likeness (QED) is 0.540. The molecular formula is C23H23NO4S. The normalized spacial score (nSPS) is 11.5. The van der Waals surface area contributed by atoms with Crippen LogP contribution in [0.25, 0.3) is 0 Å². The van der Waals surface area contributed by atoms with Crippen LogP contribution in [0.1, 0.15) is 29.0 Å². The van der Waals surface area contributed by atoms with Crippen LogP contribution >= 0.6 is 11.3 Å². The van der Waals surface area contributed by atoms with Crippen LogP contribution in [0.2, 0.25) is 0 Å². The summed E-state index contributed by atoms with van der Waals surface area (Å²) < 4.78 is 10.6. The van der Waals surface area contributed by atoms with Crippen LogP contribution in [0.3, 0.4) is 0 Å². The van der Waals surface area contributed by atoms with E-state index in [0.717, 1.165) is 22.4 Å². The number of rotatable bonds is 9. The summed E-state index contributed by atoms with van der Waals surface area (Å²) in [5.74, 6) is -0.300. The number of ether oxygens (including phenoxy) is 2. The van der Waals surface area contributed by atoms with Crippen molar-refractivity contribution in [3.63, 3.8) is 0 Å². The molecule has 0 aliphatic rings. The highest BCUT2D eigenvalue weighted by molar-refractivity contribution is 7.10. The molecule has 3 aromatic rings. The Hall–Kier alpha value is -3.12.